The van der Waals surface area contributed by atoms with Crippen LogP contribution in [0.2, 0.25) is 5.02 Å². The van der Waals surface area contributed by atoms with Gasteiger partial charge in [-0.2, -0.15) is 0 Å². The van der Waals surface area contributed by atoms with Crippen molar-refractivity contribution < 1.29 is 13.6 Å². The number of likely N-dealkylation sites (tertiary alicyclic amines) is 1. The number of carbonyl (C=O) groups excluding carboxylic acids is 1. The van der Waals surface area contributed by atoms with Gasteiger partial charge in [0.2, 0.25) is 12.8 Å². The maximum atomic E-state index is 11.7. The molecule has 0 spiro atoms. The molecule has 1 N–H and O–H groups in total. The molecule has 0 unspecified atom stereocenters. The van der Waals surface area contributed by atoms with E-state index in [0.717, 1.165) is 25.2 Å². The van der Waals surface area contributed by atoms with Gasteiger partial charge in [-0.15, -0.1) is 0 Å². The molecule has 6 heteroatoms. The molecule has 1 fully saturated rings. The molecular weight excluding hydrogens is 298 g/mol. The Morgan fingerprint density at radius 2 is 1.95 bits per heavy atom. The van der Waals surface area contributed by atoms with Gasteiger partial charge in [0.15, 0.2) is 0 Å². The second-order valence-corrected chi connectivity index (χ2v) is 5.24. The normalized spacial score (nSPS) is 14.4. The molecule has 3 nitrogen and oxygen atoms in total. The van der Waals surface area contributed by atoms with Gasteiger partial charge in [-0.3, -0.25) is 4.79 Å². The van der Waals surface area contributed by atoms with Gasteiger partial charge in [-0.25, -0.2) is 8.78 Å². The molecule has 0 aliphatic carbocycles. The minimum absolute atomic E-state index is 0.113. The third-order valence-electron chi connectivity index (χ3n) is 3.23. The van der Waals surface area contributed by atoms with E-state index in [-0.39, 0.29) is 5.91 Å². The largest absolute Gasteiger partial charge is 0.352 e. The Kier molecular flexibility index (Phi) is 8.94. The molecule has 1 aliphatic heterocycles. The Bertz CT molecular complexity index is 426. The zero-order valence-electron chi connectivity index (χ0n) is 12.0. The molecule has 0 radical (unpaired) electrons. The lowest BCUT2D eigenvalue weighted by Gasteiger charge is -2.13. The first kappa shape index (κ1) is 17.9. The topological polar surface area (TPSA) is 32.3 Å². The van der Waals surface area contributed by atoms with Crippen molar-refractivity contribution in [2.24, 2.45) is 0 Å². The van der Waals surface area contributed by atoms with Gasteiger partial charge < -0.3 is 10.2 Å². The number of alkyl halides is 2. The van der Waals surface area contributed by atoms with Crippen LogP contribution < -0.4 is 5.32 Å². The van der Waals surface area contributed by atoms with E-state index in [9.17, 15) is 13.6 Å². The van der Waals surface area contributed by atoms with Gasteiger partial charge in [-0.05, 0) is 43.6 Å². The van der Waals surface area contributed by atoms with E-state index in [1.165, 1.54) is 12.8 Å². The van der Waals surface area contributed by atoms with E-state index < -0.39 is 6.93 Å². The van der Waals surface area contributed by atoms with Crippen molar-refractivity contribution in [2.75, 3.05) is 26.6 Å². The number of halogens is 3. The van der Waals surface area contributed by atoms with Gasteiger partial charge in [0.05, 0.1) is 0 Å². The highest BCUT2D eigenvalue weighted by atomic mass is 35.5. The molecule has 118 valence electrons. The molecule has 0 aromatic heterocycles. The maximum Gasteiger partial charge on any atom is 0.229 e. The summed E-state index contributed by atoms with van der Waals surface area (Å²) in [6.45, 7) is 1.96. The van der Waals surface area contributed by atoms with Crippen LogP contribution >= 0.6 is 11.6 Å². The fourth-order valence-corrected chi connectivity index (χ4v) is 2.41. The Labute approximate surface area is 129 Å². The average Bonchev–Trinajstić information content (AvgIpc) is 2.97. The summed E-state index contributed by atoms with van der Waals surface area (Å²) in [4.78, 5) is 14.0. The lowest BCUT2D eigenvalue weighted by Crippen LogP contribution is -2.29. The van der Waals surface area contributed by atoms with E-state index >= 15 is 0 Å². The SMILES string of the molecule is FCF.O=C(CCN1CCCC1)NCc1cccc(Cl)c1. The van der Waals surface area contributed by atoms with Gasteiger partial charge in [-0.1, -0.05) is 23.7 Å². The fourth-order valence-electron chi connectivity index (χ4n) is 2.20. The second-order valence-electron chi connectivity index (χ2n) is 4.81. The van der Waals surface area contributed by atoms with Crippen LogP contribution in [0.3, 0.4) is 0 Å². The quantitative estimate of drug-likeness (QED) is 0.903. The summed E-state index contributed by atoms with van der Waals surface area (Å²) in [6, 6.07) is 7.57. The molecule has 0 bridgehead atoms. The molecule has 21 heavy (non-hydrogen) atoms. The van der Waals surface area contributed by atoms with Crippen LogP contribution in [-0.4, -0.2) is 37.4 Å². The van der Waals surface area contributed by atoms with Crippen LogP contribution in [0.1, 0.15) is 24.8 Å². The predicted octanol–water partition coefficient (Wildman–Crippen LogP) is 3.33. The molecule has 1 aromatic rings. The van der Waals surface area contributed by atoms with E-state index in [1.54, 1.807) is 0 Å². The van der Waals surface area contributed by atoms with Crippen molar-refractivity contribution in [1.29, 1.82) is 0 Å². The molecule has 0 saturated carbocycles. The average molecular weight is 319 g/mol. The van der Waals surface area contributed by atoms with Crippen molar-refractivity contribution in [2.45, 2.75) is 25.8 Å². The number of benzene rings is 1. The summed E-state index contributed by atoms with van der Waals surface area (Å²) in [7, 11) is 0. The van der Waals surface area contributed by atoms with Gasteiger partial charge >= 0.3 is 0 Å². The van der Waals surface area contributed by atoms with E-state index in [4.69, 9.17) is 11.6 Å². The molecule has 1 aliphatic rings. The second kappa shape index (κ2) is 10.5. The smallest absolute Gasteiger partial charge is 0.229 e. The van der Waals surface area contributed by atoms with Crippen molar-refractivity contribution in [3.8, 4) is 0 Å². The van der Waals surface area contributed by atoms with Crippen LogP contribution in [0, 0.1) is 0 Å². The molecule has 1 amide bonds. The fraction of sp³-hybridized carbons (Fsp3) is 0.533. The highest BCUT2D eigenvalue weighted by Gasteiger charge is 2.12. The summed E-state index contributed by atoms with van der Waals surface area (Å²) < 4.78 is 19.2. The number of rotatable bonds is 5. The summed E-state index contributed by atoms with van der Waals surface area (Å²) >= 11 is 5.89. The monoisotopic (exact) mass is 318 g/mol. The summed E-state index contributed by atoms with van der Waals surface area (Å²) in [5.41, 5.74) is 1.04. The van der Waals surface area contributed by atoms with Crippen LogP contribution in [0.4, 0.5) is 8.78 Å². The molecule has 0 atom stereocenters. The Hall–Kier alpha value is -1.20. The lowest BCUT2D eigenvalue weighted by atomic mass is 10.2. The van der Waals surface area contributed by atoms with Gasteiger partial charge in [0.1, 0.15) is 0 Å². The number of amides is 1. The standard InChI is InChI=1S/C14H19ClN2O.CH2F2/c15-13-5-3-4-12(10-13)11-16-14(18)6-9-17-7-1-2-8-17;2-1-3/h3-5,10H,1-2,6-9,11H2,(H,16,18);1H2. The summed E-state index contributed by atoms with van der Waals surface area (Å²) in [5, 5.41) is 3.63. The number of hydrogen-bond acceptors (Lipinski definition) is 2. The first-order valence-corrected chi connectivity index (χ1v) is 7.39. The van der Waals surface area contributed by atoms with Gasteiger partial charge in [0.25, 0.3) is 0 Å². The Balaban J connectivity index is 0.000000677. The highest BCUT2D eigenvalue weighted by Crippen LogP contribution is 2.10. The summed E-state index contributed by atoms with van der Waals surface area (Å²) in [5.74, 6) is 0.113. The van der Waals surface area contributed by atoms with Crippen LogP contribution in [-0.2, 0) is 11.3 Å². The third-order valence-corrected chi connectivity index (χ3v) is 3.47. The minimum atomic E-state index is -1.75. The van der Waals surface area contributed by atoms with Crippen molar-refractivity contribution in [1.82, 2.24) is 10.2 Å². The van der Waals surface area contributed by atoms with Crippen molar-refractivity contribution >= 4 is 17.5 Å². The molecule has 1 saturated heterocycles. The van der Waals surface area contributed by atoms with E-state index in [1.807, 2.05) is 24.3 Å². The number of nitrogens with zero attached hydrogens (tertiary/aromatic N) is 1. The third kappa shape index (κ3) is 7.97. The first-order chi connectivity index (χ1) is 10.2. The molecular formula is C15H21ClF2N2O. The van der Waals surface area contributed by atoms with E-state index in [0.29, 0.717) is 18.0 Å². The zero-order chi connectivity index (χ0) is 15.5. The lowest BCUT2D eigenvalue weighted by molar-refractivity contribution is -0.121. The van der Waals surface area contributed by atoms with Gasteiger partial charge in [0, 0.05) is 24.5 Å². The molecule has 1 aromatic carbocycles. The number of hydrogen-bond donors (Lipinski definition) is 1. The number of nitrogens with one attached hydrogen (secondary N) is 1. The summed E-state index contributed by atoms with van der Waals surface area (Å²) in [6.07, 6.45) is 3.12. The van der Waals surface area contributed by atoms with Crippen LogP contribution in [0.25, 0.3) is 0 Å². The molecule has 2 rings (SSSR count). The molecule has 1 heterocycles. The minimum Gasteiger partial charge on any atom is -0.352 e. The van der Waals surface area contributed by atoms with E-state index in [2.05, 4.69) is 10.2 Å². The Morgan fingerprint density at radius 1 is 1.29 bits per heavy atom. The predicted molar refractivity (Wildman–Crippen MR) is 80.7 cm³/mol. The first-order valence-electron chi connectivity index (χ1n) is 7.01. The van der Waals surface area contributed by atoms with Crippen LogP contribution in [0.15, 0.2) is 24.3 Å². The number of carbonyl (C=O) groups is 1. The Morgan fingerprint density at radius 3 is 2.57 bits per heavy atom. The highest BCUT2D eigenvalue weighted by molar-refractivity contribution is 6.30. The van der Waals surface area contributed by atoms with Crippen molar-refractivity contribution in [3.63, 3.8) is 0 Å². The maximum absolute atomic E-state index is 11.7. The zero-order valence-corrected chi connectivity index (χ0v) is 12.7. The van der Waals surface area contributed by atoms with Crippen molar-refractivity contribution in [3.05, 3.63) is 34.9 Å². The van der Waals surface area contributed by atoms with Crippen LogP contribution in [0.5, 0.6) is 0 Å².